The number of aromatic hydroxyl groups is 3. The lowest BCUT2D eigenvalue weighted by Crippen LogP contribution is -2.65. The van der Waals surface area contributed by atoms with Gasteiger partial charge in [0, 0.05) is 51.2 Å². The Kier molecular flexibility index (Phi) is 28.0. The van der Waals surface area contributed by atoms with E-state index in [2.05, 4.69) is 52.6 Å². The van der Waals surface area contributed by atoms with Crippen LogP contribution in [0.3, 0.4) is 0 Å². The highest BCUT2D eigenvalue weighted by molar-refractivity contribution is 6.32. The van der Waals surface area contributed by atoms with Crippen molar-refractivity contribution in [1.29, 1.82) is 0 Å². The number of nitrogens with zero attached hydrogens (tertiary/aromatic N) is 3. The molecule has 118 heavy (non-hydrogen) atoms. The number of ether oxygens (including phenoxy) is 6. The highest BCUT2D eigenvalue weighted by Gasteiger charge is 2.52. The van der Waals surface area contributed by atoms with E-state index in [-0.39, 0.29) is 75.0 Å². The molecule has 19 N–H and O–H groups in total. The normalized spacial score (nSPS) is 26.6. The van der Waals surface area contributed by atoms with Gasteiger partial charge in [0.25, 0.3) is 0 Å². The molecular formula is C80H87Cl3N12O23. The molecule has 6 heterocycles. The standard InChI is InChI=1S/C80H87Cl3N12O23/c1-34(2)24-49(86-6)73(106)93-63-65(100)41-17-22-53(47(82)26-41)114-55-8-7-9-56(69(55)118-79-70(68(103)67(102)57(116-79)33-88-95-85)117-59-31-80(5,71(104)36(4)113-59)87-32-37-10-12-38(13-11-37)39-14-19-43(81)20-15-39)115-54-23-18-42(27-48(54)83)66(101)64-77(110)92-62(78(111)112)46-28-44(96)29-52(98)60(46)45-25-40(16-21-51(45)97)61(75(108)94-64)91-72(105)35(3)89-74(107)50(30-58(84)99)90-76(63)109/h7-23,25-29,34-36,49-50,57,59,61-68,70-71,79,86-87,96-98,100-104H,24,30-33H2,1-6H3,(H2,84,99)(H,89,107)(H,90,109)(H,91,105)(H,92,110)(H,93,106)(H,94,108)(H,111,112)/t35-,36?,49-,50+,57?,59?,61?,62-,63-,64+,65-,66-,67?,68?,70?,71?,79?,80?/m1/s1. The van der Waals surface area contributed by atoms with Crippen LogP contribution in [0, 0.1) is 5.92 Å². The van der Waals surface area contributed by atoms with Gasteiger partial charge in [0.15, 0.2) is 29.9 Å². The molecule has 7 aromatic carbocycles. The molecule has 10 unspecified atom stereocenters. The molecule has 0 aliphatic carbocycles. The van der Waals surface area contributed by atoms with Crippen LogP contribution in [-0.4, -0.2) is 192 Å². The van der Waals surface area contributed by atoms with Gasteiger partial charge in [-0.1, -0.05) is 114 Å². The number of hydrogen-bond donors (Lipinski definition) is 18. The number of phenolic OH excluding ortho intramolecular Hbond substituents is 3. The number of nitrogens with two attached hydrogens (primary N) is 1. The topological polar surface area (TPSA) is 545 Å². The molecule has 0 aromatic heterocycles. The number of carboxylic acid groups (broad SMARTS) is 1. The minimum atomic E-state index is -2.32. The first-order valence-corrected chi connectivity index (χ1v) is 38.3. The van der Waals surface area contributed by atoms with Crippen LogP contribution in [0.4, 0.5) is 0 Å². The monoisotopic (exact) mass is 1690 g/mol. The predicted molar refractivity (Wildman–Crippen MR) is 422 cm³/mol. The zero-order valence-corrected chi connectivity index (χ0v) is 66.2. The van der Waals surface area contributed by atoms with Crippen LogP contribution in [0.1, 0.15) is 106 Å². The Hall–Kier alpha value is -11.1. The Bertz CT molecular complexity index is 4990. The van der Waals surface area contributed by atoms with E-state index in [1.165, 1.54) is 43.4 Å². The number of rotatable bonds is 18. The second kappa shape index (κ2) is 37.7. The average Bonchev–Trinajstić information content (AvgIpc) is 0.762. The fraction of sp³-hybridized carbons (Fsp3) is 0.375. The molecule has 38 heteroatoms. The first-order valence-electron chi connectivity index (χ1n) is 37.1. The number of fused-ring (bicyclic) bond motifs is 6. The van der Waals surface area contributed by atoms with Crippen LogP contribution in [0.2, 0.25) is 15.1 Å². The van der Waals surface area contributed by atoms with Crippen molar-refractivity contribution >= 4 is 82.1 Å². The summed E-state index contributed by atoms with van der Waals surface area (Å²) in [5.74, 6) is -14.5. The molecule has 35 nitrogen and oxygen atoms in total. The van der Waals surface area contributed by atoms with E-state index in [0.717, 1.165) is 72.1 Å². The van der Waals surface area contributed by atoms with Crippen LogP contribution in [0.25, 0.3) is 32.7 Å². The Balaban J connectivity index is 1.02. The summed E-state index contributed by atoms with van der Waals surface area (Å²) in [4.78, 5) is 117. The lowest BCUT2D eigenvalue weighted by molar-refractivity contribution is -0.331. The predicted octanol–water partition coefficient (Wildman–Crippen LogP) is 5.91. The number of aliphatic carboxylic acids is 1. The maximum atomic E-state index is 15.2. The third-order valence-electron chi connectivity index (χ3n) is 20.5. The van der Waals surface area contributed by atoms with Gasteiger partial charge in [0.1, 0.15) is 83.4 Å². The second-order valence-electron chi connectivity index (χ2n) is 29.4. The first kappa shape index (κ1) is 87.7. The van der Waals surface area contributed by atoms with Gasteiger partial charge in [0.2, 0.25) is 53.4 Å². The molecule has 6 aliphatic rings. The van der Waals surface area contributed by atoms with Crippen molar-refractivity contribution in [2.24, 2.45) is 16.8 Å². The summed E-state index contributed by atoms with van der Waals surface area (Å²) in [6.45, 7) is 7.69. The maximum Gasteiger partial charge on any atom is 0.330 e. The number of aliphatic hydroxyl groups is 5. The van der Waals surface area contributed by atoms with E-state index in [9.17, 15) is 85.1 Å². The number of carbonyl (C=O) groups excluding carboxylic acids is 7. The zero-order valence-electron chi connectivity index (χ0n) is 63.9. The fourth-order valence-corrected chi connectivity index (χ4v) is 14.7. The third kappa shape index (κ3) is 20.2. The minimum Gasteiger partial charge on any atom is -0.508 e. The van der Waals surface area contributed by atoms with Crippen LogP contribution in [0.15, 0.2) is 139 Å². The molecule has 13 rings (SSSR count). The number of hydrogen-bond acceptors (Lipinski definition) is 25. The lowest BCUT2D eigenvalue weighted by Gasteiger charge is -2.48. The Morgan fingerprint density at radius 3 is 1.93 bits per heavy atom. The third-order valence-corrected chi connectivity index (χ3v) is 21.3. The number of carboxylic acids is 1. The molecule has 0 radical (unpaired) electrons. The summed E-state index contributed by atoms with van der Waals surface area (Å²) in [5.41, 5.74) is 14.4. The molecule has 10 bridgehead atoms. The average molecular weight is 1690 g/mol. The quantitative estimate of drug-likeness (QED) is 0.0270. The molecule has 626 valence electrons. The van der Waals surface area contributed by atoms with Gasteiger partial charge in [0.05, 0.1) is 47.4 Å². The summed E-state index contributed by atoms with van der Waals surface area (Å²) in [7, 11) is 1.47. The second-order valence-corrected chi connectivity index (χ2v) is 30.7. The van der Waals surface area contributed by atoms with E-state index >= 15 is 4.79 Å². The molecule has 0 spiro atoms. The number of amides is 7. The number of primary amides is 1. The van der Waals surface area contributed by atoms with Crippen molar-refractivity contribution in [1.82, 2.24) is 42.5 Å². The summed E-state index contributed by atoms with van der Waals surface area (Å²) in [6, 6.07) is 17.3. The molecule has 2 fully saturated rings. The summed E-state index contributed by atoms with van der Waals surface area (Å²) < 4.78 is 39.1. The largest absolute Gasteiger partial charge is 0.508 e. The van der Waals surface area contributed by atoms with Gasteiger partial charge in [-0.25, -0.2) is 4.79 Å². The highest BCUT2D eigenvalue weighted by atomic mass is 35.5. The summed E-state index contributed by atoms with van der Waals surface area (Å²) in [6.07, 6.45) is -17.9. The number of carbonyl (C=O) groups is 8. The smallest absolute Gasteiger partial charge is 0.330 e. The van der Waals surface area contributed by atoms with Crippen LogP contribution < -0.4 is 62.5 Å². The van der Waals surface area contributed by atoms with Crippen molar-refractivity contribution in [3.63, 3.8) is 0 Å². The number of nitrogens with one attached hydrogen (secondary N) is 8. The van der Waals surface area contributed by atoms with Gasteiger partial charge in [-0.05, 0) is 146 Å². The van der Waals surface area contributed by atoms with Crippen LogP contribution >= 0.6 is 34.8 Å². The first-order chi connectivity index (χ1) is 56.0. The van der Waals surface area contributed by atoms with Crippen molar-refractivity contribution in [3.05, 3.63) is 187 Å². The number of halogens is 3. The maximum absolute atomic E-state index is 15.2. The van der Waals surface area contributed by atoms with Crippen molar-refractivity contribution in [2.45, 2.75) is 170 Å². The minimum absolute atomic E-state index is 0.116. The van der Waals surface area contributed by atoms with Gasteiger partial charge >= 0.3 is 5.97 Å². The Morgan fingerprint density at radius 2 is 1.33 bits per heavy atom. The lowest BCUT2D eigenvalue weighted by atomic mass is 9.84. The summed E-state index contributed by atoms with van der Waals surface area (Å²) in [5, 5.41) is 129. The number of para-hydroxylation sites is 1. The Labute approximate surface area is 689 Å². The van der Waals surface area contributed by atoms with Crippen LogP contribution in [-0.2, 0) is 59.1 Å². The SMILES string of the molecule is CN[C@H](CC(C)C)C(=O)N[C@H]1C(=O)N[C@@H](CC(N)=O)C(=O)N[C@H](C)C(=O)NC2C(=O)N[C@H](C(=O)N[C@@H](C(=O)O)c3cc(O)cc(O)c3-c3cc2ccc3O)[C@H](O)c2ccc(c(Cl)c2)Oc2cccc(c2OC2OC(CN=[N+]=[N-])C(O)C(O)C2OC2CC(C)(NCc3ccc(-c4ccc(Cl)cc4)cc3)C(O)C(C)O2)Oc2ccc(cc2Cl)[C@H]1O. The number of likely N-dealkylation sites (N-methyl/N-ethyl adjacent to an activating group) is 1. The van der Waals surface area contributed by atoms with E-state index < -0.39 is 209 Å². The van der Waals surface area contributed by atoms with E-state index in [1.54, 1.807) is 26.0 Å². The number of benzene rings is 7. The van der Waals surface area contributed by atoms with Gasteiger partial charge in [-0.3, -0.25) is 33.6 Å². The van der Waals surface area contributed by atoms with Crippen LogP contribution in [0.5, 0.6) is 46.0 Å². The van der Waals surface area contributed by atoms with Gasteiger partial charge in [-0.2, -0.15) is 0 Å². The number of azide groups is 1. The molecule has 6 aliphatic heterocycles. The molecule has 18 atom stereocenters. The molecule has 0 saturated carbocycles. The summed E-state index contributed by atoms with van der Waals surface area (Å²) >= 11 is 20.3. The van der Waals surface area contributed by atoms with Gasteiger partial charge < -0.3 is 123 Å². The van der Waals surface area contributed by atoms with Gasteiger partial charge in [-0.15, -0.1) is 0 Å². The van der Waals surface area contributed by atoms with E-state index in [0.29, 0.717) is 5.02 Å². The fourth-order valence-electron chi connectivity index (χ4n) is 14.1. The number of phenols is 3. The molecule has 7 amide bonds. The molecule has 7 aromatic rings. The van der Waals surface area contributed by atoms with Crippen molar-refractivity contribution in [2.75, 3.05) is 13.6 Å². The van der Waals surface area contributed by atoms with E-state index in [4.69, 9.17) is 69.0 Å². The number of aliphatic hydroxyl groups excluding tert-OH is 5. The van der Waals surface area contributed by atoms with E-state index in [1.807, 2.05) is 50.2 Å². The van der Waals surface area contributed by atoms with Crippen molar-refractivity contribution < 1.29 is 113 Å². The molecule has 2 saturated heterocycles. The molecular weight excluding hydrogens is 1600 g/mol. The van der Waals surface area contributed by atoms with Crippen molar-refractivity contribution in [3.8, 4) is 68.2 Å². The highest BCUT2D eigenvalue weighted by Crippen LogP contribution is 2.48. The Morgan fingerprint density at radius 1 is 0.703 bits per heavy atom. The zero-order chi connectivity index (χ0) is 85.5.